The third-order valence-corrected chi connectivity index (χ3v) is 8.42. The van der Waals surface area contributed by atoms with Crippen LogP contribution >= 0.6 is 11.8 Å². The minimum Gasteiger partial charge on any atom is -0.463 e. The number of imidazole rings is 1. The van der Waals surface area contributed by atoms with Gasteiger partial charge in [0.2, 0.25) is 0 Å². The first-order valence-electron chi connectivity index (χ1n) is 12.1. The fraction of sp³-hybridized carbons (Fsp3) is 0.500. The molecule has 1 fully saturated rings. The largest absolute Gasteiger partial charge is 0.463 e. The number of hydrogen-bond donors (Lipinski definition) is 1. The molecule has 1 N–H and O–H groups in total. The number of nitrogens with zero attached hydrogens (tertiary/aromatic N) is 2. The smallest absolute Gasteiger partial charge is 0.336 e. The quantitative estimate of drug-likeness (QED) is 0.518. The molecule has 1 aliphatic carbocycles. The first-order chi connectivity index (χ1) is 16.0. The van der Waals surface area contributed by atoms with Crippen molar-refractivity contribution < 1.29 is 18.9 Å². The molecule has 2 unspecified atom stereocenters. The molecule has 1 saturated carbocycles. The summed E-state index contributed by atoms with van der Waals surface area (Å²) in [6.45, 7) is 5.49. The molecule has 3 aliphatic rings. The van der Waals surface area contributed by atoms with Crippen molar-refractivity contribution in [2.45, 2.75) is 70.7 Å². The summed E-state index contributed by atoms with van der Waals surface area (Å²) in [5, 5.41) is 4.18. The summed E-state index contributed by atoms with van der Waals surface area (Å²) >= 11 is 1.66. The highest BCUT2D eigenvalue weighted by Gasteiger charge is 2.42. The third kappa shape index (κ3) is 4.35. The van der Waals surface area contributed by atoms with E-state index in [-0.39, 0.29) is 24.3 Å². The third-order valence-electron chi connectivity index (χ3n) is 6.99. The number of fused-ring (bicyclic) bond motifs is 2. The number of rotatable bonds is 6. The molecule has 1 aromatic heterocycles. The molecule has 1 aromatic carbocycles. The van der Waals surface area contributed by atoms with Gasteiger partial charge in [0, 0.05) is 16.7 Å². The first-order valence-corrected chi connectivity index (χ1v) is 13.0. The van der Waals surface area contributed by atoms with Crippen LogP contribution in [0.15, 0.2) is 41.1 Å². The van der Waals surface area contributed by atoms with Gasteiger partial charge in [-0.15, -0.1) is 11.8 Å². The Kier molecular flexibility index (Phi) is 6.32. The Labute approximate surface area is 199 Å². The van der Waals surface area contributed by atoms with Gasteiger partial charge in [0.25, 0.3) is 11.7 Å². The lowest BCUT2D eigenvalue weighted by Gasteiger charge is -2.25. The van der Waals surface area contributed by atoms with E-state index in [1.165, 1.54) is 23.4 Å². The summed E-state index contributed by atoms with van der Waals surface area (Å²) in [6, 6.07) is 8.55. The molecule has 7 heteroatoms. The van der Waals surface area contributed by atoms with Crippen molar-refractivity contribution in [2.24, 2.45) is 5.92 Å². The molecule has 2 aliphatic heterocycles. The number of hydrogen-bond acceptors (Lipinski definition) is 4. The van der Waals surface area contributed by atoms with Gasteiger partial charge in [-0.2, -0.15) is 0 Å². The van der Waals surface area contributed by atoms with Crippen LogP contribution < -0.4 is 9.88 Å². The molecular weight excluding hydrogens is 434 g/mol. The van der Waals surface area contributed by atoms with Crippen molar-refractivity contribution in [1.29, 1.82) is 0 Å². The van der Waals surface area contributed by atoms with Crippen LogP contribution in [0.25, 0.3) is 11.3 Å². The number of aromatic nitrogens is 2. The number of benzene rings is 1. The van der Waals surface area contributed by atoms with E-state index in [1.807, 2.05) is 6.92 Å². The summed E-state index contributed by atoms with van der Waals surface area (Å²) in [7, 11) is 0. The number of thioether (sulfide) groups is 1. The fourth-order valence-corrected chi connectivity index (χ4v) is 6.98. The molecule has 33 heavy (non-hydrogen) atoms. The molecule has 2 aromatic rings. The van der Waals surface area contributed by atoms with E-state index in [0.29, 0.717) is 22.5 Å². The topological polar surface area (TPSA) is 64.2 Å². The Balaban J connectivity index is 1.37. The van der Waals surface area contributed by atoms with Crippen LogP contribution in [0.2, 0.25) is 0 Å². The van der Waals surface area contributed by atoms with Crippen LogP contribution in [-0.2, 0) is 33.8 Å². The fourth-order valence-electron chi connectivity index (χ4n) is 5.42. The zero-order chi connectivity index (χ0) is 22.9. The lowest BCUT2D eigenvalue weighted by Crippen LogP contribution is -2.44. The highest BCUT2D eigenvalue weighted by atomic mass is 32.2. The van der Waals surface area contributed by atoms with Crippen LogP contribution in [0, 0.1) is 12.8 Å². The molecule has 0 radical (unpaired) electrons. The predicted octanol–water partition coefficient (Wildman–Crippen LogP) is 3.89. The van der Waals surface area contributed by atoms with Gasteiger partial charge in [-0.05, 0) is 33.1 Å². The van der Waals surface area contributed by atoms with Crippen LogP contribution in [-0.4, -0.2) is 28.3 Å². The molecule has 0 saturated heterocycles. The van der Waals surface area contributed by atoms with E-state index >= 15 is 0 Å². The number of carbonyl (C=O) groups excluding carboxylic acids is 2. The summed E-state index contributed by atoms with van der Waals surface area (Å²) in [5.41, 5.74) is 4.25. The second kappa shape index (κ2) is 9.37. The summed E-state index contributed by atoms with van der Waals surface area (Å²) < 4.78 is 9.77. The predicted molar refractivity (Wildman–Crippen MR) is 128 cm³/mol. The molecule has 1 amide bonds. The maximum Gasteiger partial charge on any atom is 0.336 e. The van der Waals surface area contributed by atoms with E-state index in [0.717, 1.165) is 44.3 Å². The lowest BCUT2D eigenvalue weighted by molar-refractivity contribution is -0.690. The SMILES string of the molecule is CCOC(=O)C1=C(NC(=O)C[n+]2cc(-c3ccc(C)cc3)n3c2CCC3)SC2CCCCC12. The van der Waals surface area contributed by atoms with Crippen LogP contribution in [0.4, 0.5) is 0 Å². The number of nitrogens with one attached hydrogen (secondary N) is 1. The Morgan fingerprint density at radius 3 is 2.76 bits per heavy atom. The van der Waals surface area contributed by atoms with Crippen molar-refractivity contribution in [1.82, 2.24) is 9.88 Å². The van der Waals surface area contributed by atoms with Gasteiger partial charge in [-0.25, -0.2) is 13.9 Å². The highest BCUT2D eigenvalue weighted by Crippen LogP contribution is 2.48. The number of carbonyl (C=O) groups is 2. The average molecular weight is 467 g/mol. The van der Waals surface area contributed by atoms with Gasteiger partial charge in [-0.3, -0.25) is 4.79 Å². The van der Waals surface area contributed by atoms with E-state index in [4.69, 9.17) is 4.74 Å². The van der Waals surface area contributed by atoms with Crippen LogP contribution in [0.3, 0.4) is 0 Å². The van der Waals surface area contributed by atoms with Gasteiger partial charge in [0.05, 0.1) is 30.2 Å². The van der Waals surface area contributed by atoms with Gasteiger partial charge < -0.3 is 10.1 Å². The highest BCUT2D eigenvalue weighted by molar-refractivity contribution is 8.04. The molecule has 2 atom stereocenters. The van der Waals surface area contributed by atoms with E-state index in [1.54, 1.807) is 11.8 Å². The summed E-state index contributed by atoms with van der Waals surface area (Å²) in [4.78, 5) is 25.9. The van der Waals surface area contributed by atoms with Crippen LogP contribution in [0.1, 0.15) is 50.4 Å². The maximum atomic E-state index is 13.1. The van der Waals surface area contributed by atoms with Crippen molar-refractivity contribution >= 4 is 23.6 Å². The summed E-state index contributed by atoms with van der Waals surface area (Å²) in [5.74, 6) is 1.03. The number of amides is 1. The minimum atomic E-state index is -0.270. The Morgan fingerprint density at radius 1 is 1.18 bits per heavy atom. The molecule has 0 spiro atoms. The second-order valence-corrected chi connectivity index (χ2v) is 10.5. The van der Waals surface area contributed by atoms with Gasteiger partial charge in [-0.1, -0.05) is 42.7 Å². The first kappa shape index (κ1) is 22.3. The monoisotopic (exact) mass is 466 g/mol. The molecular formula is C26H32N3O3S+. The normalized spacial score (nSPS) is 21.6. The zero-order valence-corrected chi connectivity index (χ0v) is 20.2. The molecule has 0 bridgehead atoms. The van der Waals surface area contributed by atoms with E-state index in [2.05, 4.69) is 51.8 Å². The standard InChI is InChI=1S/C26H31N3O3S/c1-3-32-26(31)24-19-7-4-5-8-21(19)33-25(24)27-22(30)16-28-15-20(29-14-6-9-23(28)29)18-12-10-17(2)11-13-18/h10-13,15,19,21H,3-9,14,16H2,1-2H3/p+1. The van der Waals surface area contributed by atoms with Crippen molar-refractivity contribution in [2.75, 3.05) is 6.61 Å². The van der Waals surface area contributed by atoms with E-state index < -0.39 is 0 Å². The second-order valence-electron chi connectivity index (χ2n) is 9.24. The molecule has 6 nitrogen and oxygen atoms in total. The molecule has 5 rings (SSSR count). The van der Waals surface area contributed by atoms with Crippen molar-refractivity contribution in [3.63, 3.8) is 0 Å². The van der Waals surface area contributed by atoms with Gasteiger partial charge in [0.1, 0.15) is 6.20 Å². The van der Waals surface area contributed by atoms with Crippen LogP contribution in [0.5, 0.6) is 0 Å². The lowest BCUT2D eigenvalue weighted by atomic mass is 9.84. The molecule has 3 heterocycles. The average Bonchev–Trinajstić information content (AvgIpc) is 3.49. The Morgan fingerprint density at radius 2 is 1.97 bits per heavy atom. The number of ether oxygens (including phenoxy) is 1. The zero-order valence-electron chi connectivity index (χ0n) is 19.4. The number of esters is 1. The van der Waals surface area contributed by atoms with E-state index in [9.17, 15) is 9.59 Å². The van der Waals surface area contributed by atoms with Gasteiger partial charge in [0.15, 0.2) is 12.2 Å². The van der Waals surface area contributed by atoms with Crippen molar-refractivity contribution in [3.8, 4) is 11.3 Å². The molecule has 174 valence electrons. The maximum absolute atomic E-state index is 13.1. The number of aryl methyl sites for hydroxylation is 1. The van der Waals surface area contributed by atoms with Crippen molar-refractivity contribution in [3.05, 3.63) is 52.5 Å². The Bertz CT molecular complexity index is 1100. The summed E-state index contributed by atoms with van der Waals surface area (Å²) in [6.07, 6.45) is 8.54. The minimum absolute atomic E-state index is 0.0845. The Hall–Kier alpha value is -2.54. The van der Waals surface area contributed by atoms with Gasteiger partial charge >= 0.3 is 5.97 Å².